The van der Waals surface area contributed by atoms with Gasteiger partial charge >= 0.3 is 0 Å². The molecule has 0 saturated carbocycles. The number of nitro groups is 1. The standard InChI is InChI=1S/C13H13ClN4O3/c1-3-17-7-10(8(2)16-17)13(19)15-12-6-9(18(20)21)4-5-11(12)14/h4-7H,3H2,1-2H3,(H,15,19). The number of amides is 1. The molecule has 0 spiro atoms. The molecule has 1 amide bonds. The van der Waals surface area contributed by atoms with Crippen molar-refractivity contribution in [2.45, 2.75) is 20.4 Å². The minimum atomic E-state index is -0.549. The lowest BCUT2D eigenvalue weighted by Crippen LogP contribution is -2.13. The molecule has 1 N–H and O–H groups in total. The normalized spacial score (nSPS) is 10.4. The molecule has 2 aromatic rings. The monoisotopic (exact) mass is 308 g/mol. The Kier molecular flexibility index (Phi) is 4.23. The minimum Gasteiger partial charge on any atom is -0.320 e. The zero-order valence-electron chi connectivity index (χ0n) is 11.5. The lowest BCUT2D eigenvalue weighted by Gasteiger charge is -2.06. The van der Waals surface area contributed by atoms with Crippen LogP contribution in [0.1, 0.15) is 23.0 Å². The molecule has 0 aliphatic carbocycles. The van der Waals surface area contributed by atoms with Gasteiger partial charge in [0, 0.05) is 24.9 Å². The summed E-state index contributed by atoms with van der Waals surface area (Å²) in [6, 6.07) is 3.87. The largest absolute Gasteiger partial charge is 0.320 e. The molecule has 0 unspecified atom stereocenters. The van der Waals surface area contributed by atoms with Crippen molar-refractivity contribution in [1.82, 2.24) is 9.78 Å². The van der Waals surface area contributed by atoms with Gasteiger partial charge in [-0.15, -0.1) is 0 Å². The van der Waals surface area contributed by atoms with Gasteiger partial charge in [0.25, 0.3) is 11.6 Å². The Morgan fingerprint density at radius 2 is 2.24 bits per heavy atom. The summed E-state index contributed by atoms with van der Waals surface area (Å²) in [5, 5.41) is 17.7. The summed E-state index contributed by atoms with van der Waals surface area (Å²) in [5.41, 5.74) is 1.03. The van der Waals surface area contributed by atoms with Gasteiger partial charge in [-0.05, 0) is 19.9 Å². The SMILES string of the molecule is CCn1cc(C(=O)Nc2cc([N+](=O)[O-])ccc2Cl)c(C)n1. The Morgan fingerprint density at radius 1 is 1.52 bits per heavy atom. The van der Waals surface area contributed by atoms with Crippen LogP contribution in [0, 0.1) is 17.0 Å². The van der Waals surface area contributed by atoms with E-state index in [2.05, 4.69) is 10.4 Å². The first-order valence-electron chi connectivity index (χ1n) is 6.21. The summed E-state index contributed by atoms with van der Waals surface area (Å²) < 4.78 is 1.64. The second-order valence-corrected chi connectivity index (χ2v) is 4.77. The quantitative estimate of drug-likeness (QED) is 0.694. The topological polar surface area (TPSA) is 90.1 Å². The number of nitrogens with zero attached hydrogens (tertiary/aromatic N) is 3. The van der Waals surface area contributed by atoms with Crippen molar-refractivity contribution in [2.75, 3.05) is 5.32 Å². The average molecular weight is 309 g/mol. The van der Waals surface area contributed by atoms with Crippen LogP contribution in [0.15, 0.2) is 24.4 Å². The number of hydrogen-bond donors (Lipinski definition) is 1. The van der Waals surface area contributed by atoms with Crippen LogP contribution in [0.4, 0.5) is 11.4 Å². The fourth-order valence-corrected chi connectivity index (χ4v) is 1.98. The molecule has 0 bridgehead atoms. The third-order valence-electron chi connectivity index (χ3n) is 2.92. The molecule has 0 radical (unpaired) electrons. The van der Waals surface area contributed by atoms with E-state index in [1.807, 2.05) is 6.92 Å². The lowest BCUT2D eigenvalue weighted by molar-refractivity contribution is -0.384. The molecule has 1 aromatic carbocycles. The summed E-state index contributed by atoms with van der Waals surface area (Å²) in [4.78, 5) is 22.4. The highest BCUT2D eigenvalue weighted by Gasteiger charge is 2.16. The zero-order valence-corrected chi connectivity index (χ0v) is 12.2. The van der Waals surface area contributed by atoms with Crippen molar-refractivity contribution in [3.8, 4) is 0 Å². The summed E-state index contributed by atoms with van der Waals surface area (Å²) in [7, 11) is 0. The maximum atomic E-state index is 12.2. The number of halogens is 1. The second kappa shape index (κ2) is 5.92. The number of nitrogens with one attached hydrogen (secondary N) is 1. The number of carbonyl (C=O) groups is 1. The first kappa shape index (κ1) is 15.0. The molecule has 21 heavy (non-hydrogen) atoms. The molecular formula is C13H13ClN4O3. The maximum Gasteiger partial charge on any atom is 0.271 e. The zero-order chi connectivity index (χ0) is 15.6. The Balaban J connectivity index is 2.28. The highest BCUT2D eigenvalue weighted by atomic mass is 35.5. The van der Waals surface area contributed by atoms with Gasteiger partial charge in [0.2, 0.25) is 0 Å². The molecule has 8 heteroatoms. The van der Waals surface area contributed by atoms with Crippen LogP contribution in [0.2, 0.25) is 5.02 Å². The number of carbonyl (C=O) groups excluding carboxylic acids is 1. The molecule has 0 saturated heterocycles. The van der Waals surface area contributed by atoms with Gasteiger partial charge in [0.1, 0.15) is 0 Å². The third kappa shape index (κ3) is 3.19. The van der Waals surface area contributed by atoms with Crippen molar-refractivity contribution in [3.05, 3.63) is 50.8 Å². The van der Waals surface area contributed by atoms with Gasteiger partial charge in [-0.3, -0.25) is 19.6 Å². The van der Waals surface area contributed by atoms with E-state index in [-0.39, 0.29) is 16.4 Å². The fourth-order valence-electron chi connectivity index (χ4n) is 1.82. The smallest absolute Gasteiger partial charge is 0.271 e. The number of hydrogen-bond acceptors (Lipinski definition) is 4. The minimum absolute atomic E-state index is 0.143. The predicted molar refractivity (Wildman–Crippen MR) is 78.7 cm³/mol. The molecule has 7 nitrogen and oxygen atoms in total. The number of benzene rings is 1. The number of aromatic nitrogens is 2. The molecule has 1 aromatic heterocycles. The van der Waals surface area contributed by atoms with E-state index in [1.165, 1.54) is 18.2 Å². The van der Waals surface area contributed by atoms with Gasteiger partial charge < -0.3 is 5.32 Å². The number of nitro benzene ring substituents is 1. The van der Waals surface area contributed by atoms with Crippen LogP contribution in [-0.4, -0.2) is 20.6 Å². The number of non-ortho nitro benzene ring substituents is 1. The fraction of sp³-hybridized carbons (Fsp3) is 0.231. The molecule has 0 aliphatic heterocycles. The Bertz CT molecular complexity index is 711. The van der Waals surface area contributed by atoms with E-state index in [1.54, 1.807) is 17.8 Å². The first-order chi connectivity index (χ1) is 9.92. The number of anilines is 1. The van der Waals surface area contributed by atoms with E-state index in [9.17, 15) is 14.9 Å². The first-order valence-corrected chi connectivity index (χ1v) is 6.59. The van der Waals surface area contributed by atoms with Crippen molar-refractivity contribution >= 4 is 28.9 Å². The van der Waals surface area contributed by atoms with E-state index in [0.717, 1.165) is 0 Å². The molecular weight excluding hydrogens is 296 g/mol. The molecule has 110 valence electrons. The highest BCUT2D eigenvalue weighted by molar-refractivity contribution is 6.34. The van der Waals surface area contributed by atoms with Crippen LogP contribution in [0.5, 0.6) is 0 Å². The van der Waals surface area contributed by atoms with E-state index in [0.29, 0.717) is 17.8 Å². The second-order valence-electron chi connectivity index (χ2n) is 4.36. The van der Waals surface area contributed by atoms with Crippen LogP contribution in [0.25, 0.3) is 0 Å². The van der Waals surface area contributed by atoms with Crippen LogP contribution >= 0.6 is 11.6 Å². The van der Waals surface area contributed by atoms with Crippen molar-refractivity contribution < 1.29 is 9.72 Å². The highest BCUT2D eigenvalue weighted by Crippen LogP contribution is 2.27. The van der Waals surface area contributed by atoms with Gasteiger partial charge in [-0.2, -0.15) is 5.10 Å². The summed E-state index contributed by atoms with van der Waals surface area (Å²) >= 11 is 5.95. The van der Waals surface area contributed by atoms with Crippen LogP contribution in [-0.2, 0) is 6.54 Å². The van der Waals surface area contributed by atoms with E-state index in [4.69, 9.17) is 11.6 Å². The van der Waals surface area contributed by atoms with Crippen molar-refractivity contribution in [1.29, 1.82) is 0 Å². The average Bonchev–Trinajstić information content (AvgIpc) is 2.82. The van der Waals surface area contributed by atoms with Crippen molar-refractivity contribution in [3.63, 3.8) is 0 Å². The maximum absolute atomic E-state index is 12.2. The summed E-state index contributed by atoms with van der Waals surface area (Å²) in [6.07, 6.45) is 1.62. The molecule has 1 heterocycles. The van der Waals surface area contributed by atoms with Gasteiger partial charge in [0.05, 0.1) is 26.9 Å². The summed E-state index contributed by atoms with van der Waals surface area (Å²) in [5.74, 6) is -0.408. The van der Waals surface area contributed by atoms with Crippen LogP contribution < -0.4 is 5.32 Å². The predicted octanol–water partition coefficient (Wildman–Crippen LogP) is 3.03. The lowest BCUT2D eigenvalue weighted by atomic mass is 10.2. The third-order valence-corrected chi connectivity index (χ3v) is 3.25. The number of rotatable bonds is 4. The Hall–Kier alpha value is -2.41. The molecule has 0 aliphatic rings. The van der Waals surface area contributed by atoms with Gasteiger partial charge in [0.15, 0.2) is 0 Å². The van der Waals surface area contributed by atoms with E-state index < -0.39 is 10.8 Å². The molecule has 0 atom stereocenters. The van der Waals surface area contributed by atoms with Crippen molar-refractivity contribution in [2.24, 2.45) is 0 Å². The van der Waals surface area contributed by atoms with Gasteiger partial charge in [-0.25, -0.2) is 0 Å². The Labute approximate surface area is 125 Å². The molecule has 2 rings (SSSR count). The van der Waals surface area contributed by atoms with Gasteiger partial charge in [-0.1, -0.05) is 11.6 Å². The van der Waals surface area contributed by atoms with E-state index >= 15 is 0 Å². The molecule has 0 fully saturated rings. The summed E-state index contributed by atoms with van der Waals surface area (Å²) in [6.45, 7) is 4.27. The number of aryl methyl sites for hydroxylation is 2. The Morgan fingerprint density at radius 3 is 2.81 bits per heavy atom. The van der Waals surface area contributed by atoms with Crippen LogP contribution in [0.3, 0.4) is 0 Å².